The monoisotopic (exact) mass is 471 g/mol. The fourth-order valence-electron chi connectivity index (χ4n) is 3.26. The molecule has 0 atom stereocenters. The van der Waals surface area contributed by atoms with Crippen molar-refractivity contribution in [2.45, 2.75) is 26.5 Å². The highest BCUT2D eigenvalue weighted by molar-refractivity contribution is 6.34. The number of benzene rings is 3. The molecular formula is C25H23ClFNO5. The molecule has 6 nitrogen and oxygen atoms in total. The van der Waals surface area contributed by atoms with Crippen LogP contribution in [-0.2, 0) is 6.54 Å². The maximum absolute atomic E-state index is 14.4. The van der Waals surface area contributed by atoms with Crippen molar-refractivity contribution in [2.24, 2.45) is 0 Å². The van der Waals surface area contributed by atoms with Gasteiger partial charge in [0.1, 0.15) is 17.3 Å². The predicted octanol–water partition coefficient (Wildman–Crippen LogP) is 5.57. The summed E-state index contributed by atoms with van der Waals surface area (Å²) in [6, 6.07) is 13.3. The molecule has 0 saturated carbocycles. The molecular weight excluding hydrogens is 449 g/mol. The second kappa shape index (κ2) is 10.4. The Labute approximate surface area is 195 Å². The van der Waals surface area contributed by atoms with Gasteiger partial charge in [-0.25, -0.2) is 9.18 Å². The molecule has 0 unspecified atom stereocenters. The Morgan fingerprint density at radius 1 is 1.09 bits per heavy atom. The normalized spacial score (nSPS) is 10.7. The van der Waals surface area contributed by atoms with Crippen LogP contribution in [0.3, 0.4) is 0 Å². The number of amides is 1. The van der Waals surface area contributed by atoms with E-state index in [1.54, 1.807) is 36.4 Å². The van der Waals surface area contributed by atoms with Crippen LogP contribution in [0.25, 0.3) is 11.1 Å². The Balaban J connectivity index is 1.84. The van der Waals surface area contributed by atoms with Crippen LogP contribution < -0.4 is 14.8 Å². The highest BCUT2D eigenvalue weighted by Gasteiger charge is 2.15. The number of halogens is 2. The van der Waals surface area contributed by atoms with E-state index in [1.807, 2.05) is 13.8 Å². The smallest absolute Gasteiger partial charge is 0.335 e. The first kappa shape index (κ1) is 24.1. The first-order valence-electron chi connectivity index (χ1n) is 10.1. The van der Waals surface area contributed by atoms with Crippen LogP contribution in [0.2, 0.25) is 5.02 Å². The van der Waals surface area contributed by atoms with Gasteiger partial charge in [0.25, 0.3) is 5.91 Å². The van der Waals surface area contributed by atoms with Gasteiger partial charge in [0.15, 0.2) is 0 Å². The quantitative estimate of drug-likeness (QED) is 0.448. The lowest BCUT2D eigenvalue weighted by molar-refractivity contribution is 0.0696. The SMILES string of the molecule is COc1ccc(-c2cc(C(=O)O)ccc2F)cc1CNC(=O)c1ccc(OC(C)C)cc1Cl. The van der Waals surface area contributed by atoms with Crippen LogP contribution in [0.1, 0.15) is 40.1 Å². The summed E-state index contributed by atoms with van der Waals surface area (Å²) in [5.74, 6) is -1.07. The van der Waals surface area contributed by atoms with Gasteiger partial charge in [-0.2, -0.15) is 0 Å². The molecule has 1 amide bonds. The standard InChI is InChI=1S/C25H23ClFNO5/c1-14(2)33-18-6-7-19(21(26)12-18)24(29)28-13-17-10-15(5-9-23(17)32-3)20-11-16(25(30)31)4-8-22(20)27/h4-12,14H,13H2,1-3H3,(H,28,29)(H,30,31). The van der Waals surface area contributed by atoms with E-state index in [9.17, 15) is 19.1 Å². The van der Waals surface area contributed by atoms with E-state index in [2.05, 4.69) is 5.32 Å². The molecule has 2 N–H and O–H groups in total. The number of rotatable bonds is 8. The lowest BCUT2D eigenvalue weighted by Crippen LogP contribution is -2.23. The summed E-state index contributed by atoms with van der Waals surface area (Å²) in [4.78, 5) is 24.0. The summed E-state index contributed by atoms with van der Waals surface area (Å²) in [5.41, 5.74) is 1.42. The van der Waals surface area contributed by atoms with Crippen molar-refractivity contribution in [3.8, 4) is 22.6 Å². The minimum atomic E-state index is -1.15. The van der Waals surface area contributed by atoms with Crippen molar-refractivity contribution in [3.63, 3.8) is 0 Å². The Hall–Kier alpha value is -3.58. The van der Waals surface area contributed by atoms with Crippen molar-refractivity contribution >= 4 is 23.5 Å². The van der Waals surface area contributed by atoms with E-state index < -0.39 is 17.7 Å². The summed E-state index contributed by atoms with van der Waals surface area (Å²) in [6.07, 6.45) is -0.0264. The number of carbonyl (C=O) groups is 2. The Morgan fingerprint density at radius 2 is 1.85 bits per heavy atom. The Kier molecular flexibility index (Phi) is 7.55. The zero-order valence-electron chi connectivity index (χ0n) is 18.3. The van der Waals surface area contributed by atoms with Crippen LogP contribution in [0.5, 0.6) is 11.5 Å². The van der Waals surface area contributed by atoms with Gasteiger partial charge in [0.2, 0.25) is 0 Å². The van der Waals surface area contributed by atoms with Crippen LogP contribution in [0.4, 0.5) is 4.39 Å². The molecule has 0 radical (unpaired) electrons. The fraction of sp³-hybridized carbons (Fsp3) is 0.200. The number of carboxylic acids is 1. The van der Waals surface area contributed by atoms with E-state index in [-0.39, 0.29) is 34.4 Å². The van der Waals surface area contributed by atoms with Gasteiger partial charge in [-0.1, -0.05) is 17.7 Å². The summed E-state index contributed by atoms with van der Waals surface area (Å²) in [7, 11) is 1.48. The number of carbonyl (C=O) groups excluding carboxylic acids is 1. The Morgan fingerprint density at radius 3 is 2.48 bits per heavy atom. The summed E-state index contributed by atoms with van der Waals surface area (Å²) < 4.78 is 25.3. The highest BCUT2D eigenvalue weighted by atomic mass is 35.5. The molecule has 3 rings (SSSR count). The molecule has 172 valence electrons. The number of methoxy groups -OCH3 is 1. The zero-order chi connectivity index (χ0) is 24.1. The number of carboxylic acid groups (broad SMARTS) is 1. The minimum absolute atomic E-state index is 0.0264. The molecule has 0 aliphatic heterocycles. The predicted molar refractivity (Wildman–Crippen MR) is 124 cm³/mol. The fourth-order valence-corrected chi connectivity index (χ4v) is 3.52. The lowest BCUT2D eigenvalue weighted by Gasteiger charge is -2.14. The van der Waals surface area contributed by atoms with Gasteiger partial charge in [-0.3, -0.25) is 4.79 Å². The molecule has 0 aliphatic rings. The van der Waals surface area contributed by atoms with Crippen molar-refractivity contribution in [3.05, 3.63) is 82.1 Å². The van der Waals surface area contributed by atoms with Gasteiger partial charge in [-0.15, -0.1) is 0 Å². The van der Waals surface area contributed by atoms with E-state index in [0.717, 1.165) is 6.07 Å². The van der Waals surface area contributed by atoms with E-state index in [1.165, 1.54) is 19.2 Å². The topological polar surface area (TPSA) is 84.9 Å². The van der Waals surface area contributed by atoms with Crippen molar-refractivity contribution in [2.75, 3.05) is 7.11 Å². The van der Waals surface area contributed by atoms with Crippen molar-refractivity contribution in [1.82, 2.24) is 5.32 Å². The molecule has 0 fully saturated rings. The number of nitrogens with one attached hydrogen (secondary N) is 1. The third kappa shape index (κ3) is 5.81. The first-order valence-corrected chi connectivity index (χ1v) is 10.5. The molecule has 0 spiro atoms. The molecule has 3 aromatic carbocycles. The van der Waals surface area contributed by atoms with Gasteiger partial charge in [-0.05, 0) is 67.9 Å². The van der Waals surface area contributed by atoms with Crippen LogP contribution >= 0.6 is 11.6 Å². The molecule has 0 bridgehead atoms. The maximum atomic E-state index is 14.4. The van der Waals surface area contributed by atoms with Crippen molar-refractivity contribution in [1.29, 1.82) is 0 Å². The molecule has 0 heterocycles. The number of hydrogen-bond donors (Lipinski definition) is 2. The first-order chi connectivity index (χ1) is 15.7. The molecule has 33 heavy (non-hydrogen) atoms. The molecule has 8 heteroatoms. The second-order valence-electron chi connectivity index (χ2n) is 7.52. The second-order valence-corrected chi connectivity index (χ2v) is 7.92. The summed E-state index contributed by atoms with van der Waals surface area (Å²) in [6.45, 7) is 3.86. The van der Waals surface area contributed by atoms with Gasteiger partial charge in [0, 0.05) is 17.7 Å². The van der Waals surface area contributed by atoms with E-state index in [0.29, 0.717) is 22.6 Å². The number of aromatic carboxylic acids is 1. The average Bonchev–Trinajstić information content (AvgIpc) is 2.77. The average molecular weight is 472 g/mol. The van der Waals surface area contributed by atoms with E-state index >= 15 is 0 Å². The zero-order valence-corrected chi connectivity index (χ0v) is 19.1. The van der Waals surface area contributed by atoms with E-state index in [4.69, 9.17) is 21.1 Å². The van der Waals surface area contributed by atoms with Crippen LogP contribution in [0.15, 0.2) is 54.6 Å². The van der Waals surface area contributed by atoms with Gasteiger partial charge in [0.05, 0.1) is 29.4 Å². The maximum Gasteiger partial charge on any atom is 0.335 e. The summed E-state index contributed by atoms with van der Waals surface area (Å²) in [5, 5.41) is 12.2. The minimum Gasteiger partial charge on any atom is -0.496 e. The lowest BCUT2D eigenvalue weighted by atomic mass is 9.99. The number of hydrogen-bond acceptors (Lipinski definition) is 4. The van der Waals surface area contributed by atoms with Gasteiger partial charge < -0.3 is 19.9 Å². The summed E-state index contributed by atoms with van der Waals surface area (Å²) >= 11 is 6.26. The number of ether oxygens (including phenoxy) is 2. The molecule has 0 aromatic heterocycles. The Bertz CT molecular complexity index is 1200. The van der Waals surface area contributed by atoms with Crippen molar-refractivity contribution < 1.29 is 28.6 Å². The molecule has 0 aliphatic carbocycles. The molecule has 0 saturated heterocycles. The molecule has 3 aromatic rings. The third-order valence-corrected chi connectivity index (χ3v) is 5.11. The van der Waals surface area contributed by atoms with Crippen LogP contribution in [0, 0.1) is 5.82 Å². The highest BCUT2D eigenvalue weighted by Crippen LogP contribution is 2.30. The van der Waals surface area contributed by atoms with Gasteiger partial charge >= 0.3 is 5.97 Å². The largest absolute Gasteiger partial charge is 0.496 e. The third-order valence-electron chi connectivity index (χ3n) is 4.80. The van der Waals surface area contributed by atoms with Crippen LogP contribution in [-0.4, -0.2) is 30.2 Å².